The number of likely N-dealkylation sites (N-methyl/N-ethyl adjacent to an activating group) is 1. The van der Waals surface area contributed by atoms with Crippen molar-refractivity contribution in [3.8, 4) is 0 Å². The highest BCUT2D eigenvalue weighted by molar-refractivity contribution is 7.83. The number of aliphatic carboxylic acids is 4. The van der Waals surface area contributed by atoms with E-state index in [0.29, 0.717) is 37.7 Å². The summed E-state index contributed by atoms with van der Waals surface area (Å²) in [5, 5.41) is 61.0. The molecule has 2 aliphatic carbocycles. The molecule has 2 aromatic rings. The summed E-state index contributed by atoms with van der Waals surface area (Å²) >= 11 is 0. The molecule has 83 heavy (non-hydrogen) atoms. The Hall–Kier alpha value is -5.90. The second-order valence-electron chi connectivity index (χ2n) is 20.2. The van der Waals surface area contributed by atoms with Crippen LogP contribution in [0.5, 0.6) is 0 Å². The van der Waals surface area contributed by atoms with Crippen LogP contribution in [0.3, 0.4) is 0 Å². The SMILES string of the molecule is CCC.CCC(=O)O.CCCCCC(C)CC.CCCCNC(C)=O.CCCN(CCN(CCC)CC(=O)NC)CC(=O)O.Cc1ccc2ccccc2c1.NS(=O)C1CCCCC1.O=C(O)C/C=C(/NC(=O)NCC(=O)O)C(O)=C1CC1. The molecule has 21 heteroatoms. The van der Waals surface area contributed by atoms with Crippen LogP contribution in [0.1, 0.15) is 197 Å². The largest absolute Gasteiger partial charge is 0.506 e. The van der Waals surface area contributed by atoms with Gasteiger partial charge in [0.2, 0.25) is 11.8 Å². The molecule has 2 saturated carbocycles. The first-order chi connectivity index (χ1) is 39.4. The molecule has 2 aliphatic rings. The van der Waals surface area contributed by atoms with Crippen LogP contribution in [-0.4, -0.2) is 146 Å². The van der Waals surface area contributed by atoms with Crippen molar-refractivity contribution >= 4 is 63.5 Å². The maximum atomic E-state index is 11.4. The van der Waals surface area contributed by atoms with Gasteiger partial charge in [0, 0.05) is 45.3 Å². The van der Waals surface area contributed by atoms with E-state index in [1.807, 2.05) is 17.1 Å². The second kappa shape index (κ2) is 56.6. The number of aryl methyl sites for hydroxylation is 1. The molecule has 0 bridgehead atoms. The number of hydrogen-bond donors (Lipinski definition) is 10. The normalized spacial score (nSPS) is 12.8. The van der Waals surface area contributed by atoms with E-state index < -0.39 is 47.4 Å². The number of benzene rings is 2. The molecule has 2 unspecified atom stereocenters. The van der Waals surface area contributed by atoms with Gasteiger partial charge in [-0.15, -0.1) is 0 Å². The predicted octanol–water partition coefficient (Wildman–Crippen LogP) is 11.1. The molecule has 0 aliphatic heterocycles. The van der Waals surface area contributed by atoms with Crippen molar-refractivity contribution in [2.45, 2.75) is 203 Å². The molecule has 4 rings (SSSR count). The zero-order valence-corrected chi connectivity index (χ0v) is 53.6. The summed E-state index contributed by atoms with van der Waals surface area (Å²) in [4.78, 5) is 77.8. The highest BCUT2D eigenvalue weighted by atomic mass is 32.2. The number of nitrogens with two attached hydrogens (primary N) is 1. The third kappa shape index (κ3) is 56.4. The number of hydrogen-bond acceptors (Lipinski definition) is 11. The molecule has 0 spiro atoms. The molecule has 11 N–H and O–H groups in total. The number of allylic oxidation sites excluding steroid dienone is 1. The Labute approximate surface area is 500 Å². The Morgan fingerprint density at radius 3 is 1.66 bits per heavy atom. The van der Waals surface area contributed by atoms with E-state index in [0.717, 1.165) is 75.7 Å². The van der Waals surface area contributed by atoms with E-state index in [9.17, 15) is 42.9 Å². The maximum absolute atomic E-state index is 11.4. The molecule has 0 radical (unpaired) electrons. The van der Waals surface area contributed by atoms with Crippen molar-refractivity contribution in [2.75, 3.05) is 59.4 Å². The molecule has 478 valence electrons. The fraction of sp³-hybridized carbons (Fsp3) is 0.661. The number of nitrogens with zero attached hydrogens (tertiary/aromatic N) is 2. The molecule has 0 heterocycles. The Balaban J connectivity index is -0.000000452. The highest BCUT2D eigenvalue weighted by Crippen LogP contribution is 2.32. The first-order valence-corrected chi connectivity index (χ1v) is 31.2. The summed E-state index contributed by atoms with van der Waals surface area (Å²) < 4.78 is 10.7. The van der Waals surface area contributed by atoms with Gasteiger partial charge in [0.25, 0.3) is 0 Å². The van der Waals surface area contributed by atoms with Crippen molar-refractivity contribution in [3.05, 3.63) is 71.1 Å². The third-order valence-corrected chi connectivity index (χ3v) is 13.2. The average molecular weight is 1190 g/mol. The number of nitrogens with one attached hydrogen (secondary N) is 4. The second-order valence-corrected chi connectivity index (χ2v) is 21.6. The van der Waals surface area contributed by atoms with Crippen LogP contribution in [0.4, 0.5) is 4.79 Å². The van der Waals surface area contributed by atoms with E-state index in [4.69, 9.17) is 25.6 Å². The van der Waals surface area contributed by atoms with Crippen LogP contribution in [0.15, 0.2) is 65.6 Å². The molecule has 20 nitrogen and oxygen atoms in total. The smallest absolute Gasteiger partial charge is 0.323 e. The van der Waals surface area contributed by atoms with Crippen molar-refractivity contribution < 1.29 is 63.3 Å². The number of unbranched alkanes of at least 4 members (excludes halogenated alkanes) is 3. The number of carbonyl (C=O) groups excluding carboxylic acids is 3. The standard InChI is InChI=1S/C13H27N3O3.C11H14N2O6.C11H10.C9H20.C6H13NOS.C6H13NO.C3H6O2.C3H8/c1-4-6-15(10-12(17)14-3)8-9-16(7-5-2)11-13(18)19;14-8(15)4-3-7(10(18)6-1-2-6)13-11(19)12-5-9(16)17;1-9-6-7-10-4-2-3-5-11(10)8-9;1-4-6-7-8-9(3)5-2;7-9(8)6-4-2-1-3-5-6;1-3-4-5-7-6(2)8;1-2-3(4)5;1-3-2/h4-11H2,1-3H3,(H,14,17)(H,18,19);3,18H,1-2,4-5H2,(H,14,15)(H,16,17)(H2,12,13,19);2-8H,1H3;9H,4-8H2,1-3H3;6H,1-5,7H2;3-5H2,1-2H3,(H,7,8);2H2,1H3,(H,4,5);3H2,1-2H3/b;7-3+;;;;;;. The lowest BCUT2D eigenvalue weighted by Gasteiger charge is -2.25. The number of fused-ring (bicyclic) bond motifs is 1. The van der Waals surface area contributed by atoms with Crippen LogP contribution in [0, 0.1) is 12.8 Å². The van der Waals surface area contributed by atoms with Gasteiger partial charge in [-0.25, -0.2) is 9.00 Å². The number of carboxylic acids is 4. The van der Waals surface area contributed by atoms with Gasteiger partial charge < -0.3 is 46.8 Å². The lowest BCUT2D eigenvalue weighted by molar-refractivity contribution is -0.139. The Kier molecular flexibility index (Phi) is 57.0. The lowest BCUT2D eigenvalue weighted by Crippen LogP contribution is -2.42. The van der Waals surface area contributed by atoms with E-state index >= 15 is 0 Å². The number of carboxylic acid groups (broad SMARTS) is 4. The first-order valence-electron chi connectivity index (χ1n) is 29.9. The molecule has 2 aromatic carbocycles. The molecule has 0 aromatic heterocycles. The van der Waals surface area contributed by atoms with E-state index in [2.05, 4.69) is 119 Å². The number of carbonyl (C=O) groups is 7. The number of amides is 4. The maximum Gasteiger partial charge on any atom is 0.323 e. The topological polar surface area (TPSA) is 318 Å². The van der Waals surface area contributed by atoms with E-state index in [1.165, 1.54) is 81.0 Å². The molecular formula is C62H111N7O13S. The zero-order valence-electron chi connectivity index (χ0n) is 52.7. The van der Waals surface area contributed by atoms with Crippen molar-refractivity contribution in [1.82, 2.24) is 31.1 Å². The van der Waals surface area contributed by atoms with Crippen molar-refractivity contribution in [1.29, 1.82) is 0 Å². The van der Waals surface area contributed by atoms with Crippen LogP contribution in [-0.2, 0) is 39.8 Å². The number of aliphatic hydroxyl groups is 1. The molecule has 2 atom stereocenters. The lowest BCUT2D eigenvalue weighted by atomic mass is 10.0. The van der Waals surface area contributed by atoms with Crippen LogP contribution in [0.25, 0.3) is 10.8 Å². The number of aliphatic hydroxyl groups excluding tert-OH is 1. The van der Waals surface area contributed by atoms with Crippen molar-refractivity contribution in [2.24, 2.45) is 11.1 Å². The Bertz CT molecular complexity index is 2150. The number of rotatable bonds is 27. The fourth-order valence-corrected chi connectivity index (χ4v) is 7.93. The summed E-state index contributed by atoms with van der Waals surface area (Å²) in [7, 11) is 0.573. The van der Waals surface area contributed by atoms with Gasteiger partial charge in [-0.1, -0.05) is 175 Å². The molecular weight excluding hydrogens is 1080 g/mol. The van der Waals surface area contributed by atoms with Crippen molar-refractivity contribution in [3.63, 3.8) is 0 Å². The molecule has 0 saturated heterocycles. The minimum absolute atomic E-state index is 0.00581. The van der Waals surface area contributed by atoms with Gasteiger partial charge in [0.1, 0.15) is 12.3 Å². The van der Waals surface area contributed by atoms with Gasteiger partial charge in [-0.2, -0.15) is 0 Å². The first kappa shape index (κ1) is 83.6. The quantitative estimate of drug-likeness (QED) is 0.0294. The Morgan fingerprint density at radius 2 is 1.24 bits per heavy atom. The van der Waals surface area contributed by atoms with Crippen LogP contribution in [0.2, 0.25) is 0 Å². The molecule has 2 fully saturated rings. The van der Waals surface area contributed by atoms with Crippen LogP contribution >= 0.6 is 0 Å². The summed E-state index contributed by atoms with van der Waals surface area (Å²) in [6.45, 7) is 26.3. The van der Waals surface area contributed by atoms with Gasteiger partial charge >= 0.3 is 29.9 Å². The summed E-state index contributed by atoms with van der Waals surface area (Å²) in [5.74, 6) is -3.02. The van der Waals surface area contributed by atoms with E-state index in [-0.39, 0.29) is 42.7 Å². The van der Waals surface area contributed by atoms with Gasteiger partial charge in [0.15, 0.2) is 0 Å². The number of urea groups is 1. The predicted molar refractivity (Wildman–Crippen MR) is 338 cm³/mol. The monoisotopic (exact) mass is 1190 g/mol. The van der Waals surface area contributed by atoms with Gasteiger partial charge in [-0.05, 0) is 93.3 Å². The zero-order chi connectivity index (χ0) is 64.0. The Morgan fingerprint density at radius 1 is 0.699 bits per heavy atom. The highest BCUT2D eigenvalue weighted by Gasteiger charge is 2.22. The summed E-state index contributed by atoms with van der Waals surface area (Å²) in [6.07, 6.45) is 20.6. The van der Waals surface area contributed by atoms with Gasteiger partial charge in [-0.3, -0.25) is 43.7 Å². The van der Waals surface area contributed by atoms with Crippen LogP contribution < -0.4 is 26.4 Å². The minimum atomic E-state index is -1.21. The average Bonchev–Trinajstić information content (AvgIpc) is 4.32. The fourth-order valence-electron chi connectivity index (χ4n) is 7.13. The summed E-state index contributed by atoms with van der Waals surface area (Å²) in [6, 6.07) is 14.1. The third-order valence-electron chi connectivity index (χ3n) is 12.0. The van der Waals surface area contributed by atoms with E-state index in [1.54, 1.807) is 14.0 Å². The summed E-state index contributed by atoms with van der Waals surface area (Å²) in [5.41, 5.74) is 2.01. The minimum Gasteiger partial charge on any atom is -0.506 e. The molecule has 4 amide bonds. The van der Waals surface area contributed by atoms with Gasteiger partial charge in [0.05, 0.1) is 36.2 Å².